The molecule has 5 aromatic rings. The summed E-state index contributed by atoms with van der Waals surface area (Å²) in [6.07, 6.45) is 1.06. The van der Waals surface area contributed by atoms with Crippen LogP contribution in [0.3, 0.4) is 0 Å². The van der Waals surface area contributed by atoms with Crippen molar-refractivity contribution in [3.63, 3.8) is 0 Å². The van der Waals surface area contributed by atoms with Crippen LogP contribution in [0.4, 0.5) is 4.39 Å². The zero-order chi connectivity index (χ0) is 26.9. The van der Waals surface area contributed by atoms with Crippen LogP contribution in [0.15, 0.2) is 84.9 Å². The Morgan fingerprint density at radius 1 is 1.05 bits per heavy atom. The fourth-order valence-corrected chi connectivity index (χ4v) is 5.34. The second-order valence-electron chi connectivity index (χ2n) is 9.93. The predicted molar refractivity (Wildman–Crippen MR) is 150 cm³/mol. The van der Waals surface area contributed by atoms with Crippen molar-refractivity contribution in [2.75, 3.05) is 13.7 Å². The Labute approximate surface area is 226 Å². The van der Waals surface area contributed by atoms with Crippen LogP contribution < -0.4 is 4.74 Å². The van der Waals surface area contributed by atoms with Gasteiger partial charge < -0.3 is 14.0 Å². The van der Waals surface area contributed by atoms with Crippen LogP contribution in [-0.2, 0) is 24.1 Å². The number of benzene rings is 4. The molecule has 6 rings (SSSR count). The van der Waals surface area contributed by atoms with Gasteiger partial charge in [0.15, 0.2) is 5.78 Å². The third-order valence-corrected chi connectivity index (χ3v) is 7.40. The third kappa shape index (κ3) is 4.84. The van der Waals surface area contributed by atoms with E-state index in [1.165, 1.54) is 0 Å². The quantitative estimate of drug-likeness (QED) is 0.208. The third-order valence-electron chi connectivity index (χ3n) is 7.40. The maximum atomic E-state index is 15.6. The molecule has 0 bridgehead atoms. The summed E-state index contributed by atoms with van der Waals surface area (Å²) < 4.78 is 29.3. The Morgan fingerprint density at radius 3 is 2.67 bits per heavy atom. The molecule has 0 radical (unpaired) electrons. The summed E-state index contributed by atoms with van der Waals surface area (Å²) in [5.41, 5.74) is 6.71. The molecule has 5 nitrogen and oxygen atoms in total. The number of carbonyl (C=O) groups excluding carboxylic acids is 1. The molecule has 0 saturated carbocycles. The van der Waals surface area contributed by atoms with Crippen LogP contribution in [0.25, 0.3) is 22.2 Å². The molecule has 1 aliphatic heterocycles. The average molecular weight is 521 g/mol. The number of ether oxygens (including phenoxy) is 2. The number of ketones is 1. The number of imidazole rings is 1. The van der Waals surface area contributed by atoms with Crippen molar-refractivity contribution in [1.29, 1.82) is 0 Å². The van der Waals surface area contributed by atoms with Crippen LogP contribution in [-0.4, -0.2) is 29.1 Å². The number of para-hydroxylation sites is 1. The fraction of sp³-hybridized carbons (Fsp3) is 0.212. The number of carbonyl (C=O) groups is 1. The molecule has 1 aliphatic rings. The molecule has 0 spiro atoms. The molecule has 1 aromatic heterocycles. The van der Waals surface area contributed by atoms with Gasteiger partial charge in [-0.2, -0.15) is 0 Å². The number of methoxy groups -OCH3 is 1. The molecule has 196 valence electrons. The Balaban J connectivity index is 1.31. The summed E-state index contributed by atoms with van der Waals surface area (Å²) in [6.45, 7) is 2.58. The smallest absolute Gasteiger partial charge is 0.159 e. The van der Waals surface area contributed by atoms with Gasteiger partial charge in [0.1, 0.15) is 23.5 Å². The van der Waals surface area contributed by atoms with Gasteiger partial charge in [0.05, 0.1) is 17.6 Å². The van der Waals surface area contributed by atoms with Gasteiger partial charge >= 0.3 is 0 Å². The van der Waals surface area contributed by atoms with E-state index >= 15 is 4.39 Å². The van der Waals surface area contributed by atoms with E-state index in [0.717, 1.165) is 51.3 Å². The van der Waals surface area contributed by atoms with Gasteiger partial charge in [-0.3, -0.25) is 4.79 Å². The minimum Gasteiger partial charge on any atom is -0.484 e. The SMILES string of the molecule is COCCn1c(Cc2ccc(-c3cccc4c3OC(c3ccccc3)C4)cc2F)nc2ccc(C(C)=O)cc21. The van der Waals surface area contributed by atoms with Gasteiger partial charge in [0, 0.05) is 37.6 Å². The van der Waals surface area contributed by atoms with Crippen molar-refractivity contribution < 1.29 is 18.7 Å². The predicted octanol–water partition coefficient (Wildman–Crippen LogP) is 6.96. The van der Waals surface area contributed by atoms with Gasteiger partial charge in [-0.25, -0.2) is 9.37 Å². The number of fused-ring (bicyclic) bond motifs is 2. The molecular formula is C33H29FN2O3. The lowest BCUT2D eigenvalue weighted by atomic mass is 9.98. The van der Waals surface area contributed by atoms with E-state index in [1.54, 1.807) is 26.2 Å². The number of hydrogen-bond acceptors (Lipinski definition) is 4. The van der Waals surface area contributed by atoms with Gasteiger partial charge in [-0.1, -0.05) is 60.7 Å². The first-order valence-electron chi connectivity index (χ1n) is 13.1. The second-order valence-corrected chi connectivity index (χ2v) is 9.93. The molecule has 0 amide bonds. The number of nitrogens with zero attached hydrogens (tertiary/aromatic N) is 2. The molecule has 0 N–H and O–H groups in total. The van der Waals surface area contributed by atoms with E-state index in [9.17, 15) is 4.79 Å². The molecule has 39 heavy (non-hydrogen) atoms. The Morgan fingerprint density at radius 2 is 1.90 bits per heavy atom. The maximum absolute atomic E-state index is 15.6. The van der Waals surface area contributed by atoms with Gasteiger partial charge in [-0.15, -0.1) is 0 Å². The van der Waals surface area contributed by atoms with Crippen molar-refractivity contribution in [2.24, 2.45) is 0 Å². The highest BCUT2D eigenvalue weighted by atomic mass is 19.1. The van der Waals surface area contributed by atoms with Crippen LogP contribution >= 0.6 is 0 Å². The number of rotatable bonds is 8. The average Bonchev–Trinajstić information content (AvgIpc) is 3.54. The molecular weight excluding hydrogens is 491 g/mol. The summed E-state index contributed by atoms with van der Waals surface area (Å²) in [5, 5.41) is 0. The van der Waals surface area contributed by atoms with Crippen LogP contribution in [0.1, 0.15) is 45.9 Å². The minimum absolute atomic E-state index is 0.00830. The van der Waals surface area contributed by atoms with Crippen molar-refractivity contribution in [2.45, 2.75) is 32.4 Å². The van der Waals surface area contributed by atoms with Crippen molar-refractivity contribution >= 4 is 16.8 Å². The first kappa shape index (κ1) is 25.0. The van der Waals surface area contributed by atoms with Gasteiger partial charge in [-0.05, 0) is 53.4 Å². The number of hydrogen-bond donors (Lipinski definition) is 0. The lowest BCUT2D eigenvalue weighted by molar-refractivity contribution is 0.101. The van der Waals surface area contributed by atoms with E-state index in [2.05, 4.69) is 18.2 Å². The second kappa shape index (κ2) is 10.5. The molecule has 4 aromatic carbocycles. The van der Waals surface area contributed by atoms with Crippen molar-refractivity contribution in [3.8, 4) is 16.9 Å². The Kier molecular flexibility index (Phi) is 6.71. The number of aromatic nitrogens is 2. The summed E-state index contributed by atoms with van der Waals surface area (Å²) in [7, 11) is 1.64. The summed E-state index contributed by atoms with van der Waals surface area (Å²) in [4.78, 5) is 16.7. The normalized spacial score (nSPS) is 14.4. The highest BCUT2D eigenvalue weighted by Crippen LogP contribution is 2.43. The van der Waals surface area contributed by atoms with E-state index in [4.69, 9.17) is 14.5 Å². The molecule has 1 unspecified atom stereocenters. The van der Waals surface area contributed by atoms with Crippen molar-refractivity contribution in [1.82, 2.24) is 9.55 Å². The zero-order valence-corrected chi connectivity index (χ0v) is 22.0. The van der Waals surface area contributed by atoms with Gasteiger partial charge in [0.25, 0.3) is 0 Å². The lowest BCUT2D eigenvalue weighted by Gasteiger charge is -2.14. The van der Waals surface area contributed by atoms with E-state index < -0.39 is 0 Å². The van der Waals surface area contributed by atoms with E-state index in [0.29, 0.717) is 30.7 Å². The number of Topliss-reactive ketones (excluding diaryl/α,β-unsaturated/α-hetero) is 1. The minimum atomic E-state index is -0.294. The summed E-state index contributed by atoms with van der Waals surface area (Å²) in [6, 6.07) is 27.1. The highest BCUT2D eigenvalue weighted by molar-refractivity contribution is 5.97. The van der Waals surface area contributed by atoms with Gasteiger partial charge in [0.2, 0.25) is 0 Å². The lowest BCUT2D eigenvalue weighted by Crippen LogP contribution is -2.10. The Hall–Kier alpha value is -4.29. The van der Waals surface area contributed by atoms with Crippen LogP contribution in [0.5, 0.6) is 5.75 Å². The first-order chi connectivity index (χ1) is 19.0. The van der Waals surface area contributed by atoms with E-state index in [-0.39, 0.29) is 17.7 Å². The molecule has 0 fully saturated rings. The maximum Gasteiger partial charge on any atom is 0.159 e. The summed E-state index contributed by atoms with van der Waals surface area (Å²) in [5.74, 6) is 1.24. The number of halogens is 1. The molecule has 2 heterocycles. The van der Waals surface area contributed by atoms with Crippen LogP contribution in [0.2, 0.25) is 0 Å². The zero-order valence-electron chi connectivity index (χ0n) is 22.0. The largest absolute Gasteiger partial charge is 0.484 e. The topological polar surface area (TPSA) is 53.4 Å². The fourth-order valence-electron chi connectivity index (χ4n) is 5.34. The first-order valence-corrected chi connectivity index (χ1v) is 13.1. The molecule has 0 saturated heterocycles. The van der Waals surface area contributed by atoms with E-state index in [1.807, 2.05) is 59.2 Å². The molecule has 1 atom stereocenters. The monoisotopic (exact) mass is 520 g/mol. The molecule has 6 heteroatoms. The van der Waals surface area contributed by atoms with Crippen LogP contribution in [0, 0.1) is 5.82 Å². The molecule has 0 aliphatic carbocycles. The summed E-state index contributed by atoms with van der Waals surface area (Å²) >= 11 is 0. The van der Waals surface area contributed by atoms with Crippen molar-refractivity contribution in [3.05, 3.63) is 119 Å². The Bertz CT molecular complexity index is 1680. The standard InChI is InChI=1S/C33H29FN2O3/c1-21(37)23-13-14-29-30(18-23)36(15-16-38-2)32(35-29)20-25-12-11-24(17-28(25)34)27-10-6-9-26-19-31(39-33(26)27)22-7-4-3-5-8-22/h3-14,17-18,31H,15-16,19-20H2,1-2H3. The highest BCUT2D eigenvalue weighted by Gasteiger charge is 2.27.